The third-order valence-electron chi connectivity index (χ3n) is 7.30. The Kier molecular flexibility index (Phi) is 10.3. The van der Waals surface area contributed by atoms with Crippen LogP contribution in [0, 0.1) is 0 Å². The van der Waals surface area contributed by atoms with Crippen molar-refractivity contribution in [3.8, 4) is 5.75 Å². The summed E-state index contributed by atoms with van der Waals surface area (Å²) in [5.41, 5.74) is 1.05. The number of rotatable bonds is 12. The van der Waals surface area contributed by atoms with Crippen LogP contribution in [-0.2, 0) is 26.2 Å². The molecule has 0 heterocycles. The number of carbonyl (C=O) groups excluding carboxylic acids is 2. The summed E-state index contributed by atoms with van der Waals surface area (Å²) >= 11 is 6.09. The molecule has 0 spiro atoms. The number of ether oxygens (including phenoxy) is 1. The van der Waals surface area contributed by atoms with Gasteiger partial charge in [-0.05, 0) is 73.4 Å². The Hall–Kier alpha value is -3.56. The summed E-state index contributed by atoms with van der Waals surface area (Å²) in [7, 11) is -2.57. The number of nitrogens with zero attached hydrogens (tertiary/aromatic N) is 2. The number of halogens is 1. The smallest absolute Gasteiger partial charge is 0.264 e. The minimum absolute atomic E-state index is 0.0492. The molecule has 0 aliphatic heterocycles. The number of methoxy groups -OCH3 is 1. The molecule has 0 aromatic heterocycles. The van der Waals surface area contributed by atoms with E-state index in [9.17, 15) is 18.0 Å². The number of benzene rings is 3. The third kappa shape index (κ3) is 7.59. The number of hydrogen-bond donors (Lipinski definition) is 1. The van der Waals surface area contributed by atoms with Crippen LogP contribution in [0.25, 0.3) is 0 Å². The van der Waals surface area contributed by atoms with Crippen LogP contribution < -0.4 is 14.4 Å². The highest BCUT2D eigenvalue weighted by atomic mass is 35.5. The van der Waals surface area contributed by atoms with Gasteiger partial charge in [0.1, 0.15) is 18.3 Å². The van der Waals surface area contributed by atoms with Crippen molar-refractivity contribution in [1.82, 2.24) is 10.2 Å². The molecule has 3 aromatic rings. The molecule has 1 fully saturated rings. The fourth-order valence-corrected chi connectivity index (χ4v) is 6.67. The second kappa shape index (κ2) is 13.9. The number of amides is 2. The minimum atomic E-state index is -4.13. The molecule has 0 saturated heterocycles. The Morgan fingerprint density at radius 2 is 1.68 bits per heavy atom. The molecule has 0 radical (unpaired) electrons. The lowest BCUT2D eigenvalue weighted by Crippen LogP contribution is -2.53. The van der Waals surface area contributed by atoms with Crippen molar-refractivity contribution in [2.45, 2.75) is 62.6 Å². The number of anilines is 1. The van der Waals surface area contributed by atoms with E-state index in [0.717, 1.165) is 35.6 Å². The second-order valence-corrected chi connectivity index (χ2v) is 12.4. The van der Waals surface area contributed by atoms with Gasteiger partial charge in [-0.15, -0.1) is 0 Å². The van der Waals surface area contributed by atoms with Crippen molar-refractivity contribution < 1.29 is 22.7 Å². The molecule has 0 unspecified atom stereocenters. The van der Waals surface area contributed by atoms with E-state index in [1.54, 1.807) is 61.7 Å². The van der Waals surface area contributed by atoms with Gasteiger partial charge in [-0.25, -0.2) is 8.42 Å². The van der Waals surface area contributed by atoms with Gasteiger partial charge < -0.3 is 15.0 Å². The van der Waals surface area contributed by atoms with Crippen LogP contribution in [0.15, 0.2) is 83.8 Å². The van der Waals surface area contributed by atoms with Gasteiger partial charge in [0.25, 0.3) is 10.0 Å². The van der Waals surface area contributed by atoms with Crippen LogP contribution in [0.3, 0.4) is 0 Å². The van der Waals surface area contributed by atoms with Gasteiger partial charge in [0.2, 0.25) is 11.8 Å². The predicted molar refractivity (Wildman–Crippen MR) is 160 cm³/mol. The third-order valence-corrected chi connectivity index (χ3v) is 9.34. The van der Waals surface area contributed by atoms with Crippen molar-refractivity contribution >= 4 is 39.1 Å². The topological polar surface area (TPSA) is 96.0 Å². The SMILES string of the molecule is CC[C@H](C(=O)NC1CCCC1)N(Cc1cccc(OC)c1)C(=O)CN(c1ccc(Cl)cc1)S(=O)(=O)c1ccccc1. The van der Waals surface area contributed by atoms with E-state index in [1.165, 1.54) is 17.0 Å². The molecule has 218 valence electrons. The normalized spacial score (nSPS) is 14.3. The van der Waals surface area contributed by atoms with Gasteiger partial charge in [0.15, 0.2) is 0 Å². The van der Waals surface area contributed by atoms with E-state index in [1.807, 2.05) is 19.1 Å². The van der Waals surface area contributed by atoms with Gasteiger partial charge in [-0.3, -0.25) is 13.9 Å². The predicted octanol–water partition coefficient (Wildman–Crippen LogP) is 5.41. The summed E-state index contributed by atoms with van der Waals surface area (Å²) in [4.78, 5) is 29.2. The van der Waals surface area contributed by atoms with Gasteiger partial charge in [-0.2, -0.15) is 0 Å². The quantitative estimate of drug-likeness (QED) is 0.301. The Morgan fingerprint density at radius 1 is 1.00 bits per heavy atom. The van der Waals surface area contributed by atoms with Crippen molar-refractivity contribution in [3.05, 3.63) is 89.4 Å². The molecule has 3 aromatic carbocycles. The van der Waals surface area contributed by atoms with E-state index in [4.69, 9.17) is 16.3 Å². The van der Waals surface area contributed by atoms with Crippen LogP contribution in [0.2, 0.25) is 5.02 Å². The monoisotopic (exact) mass is 597 g/mol. The van der Waals surface area contributed by atoms with E-state index >= 15 is 0 Å². The number of sulfonamides is 1. The molecule has 1 aliphatic carbocycles. The van der Waals surface area contributed by atoms with Gasteiger partial charge in [0, 0.05) is 17.6 Å². The Morgan fingerprint density at radius 3 is 2.32 bits per heavy atom. The van der Waals surface area contributed by atoms with Crippen molar-refractivity contribution in [2.24, 2.45) is 0 Å². The summed E-state index contributed by atoms with van der Waals surface area (Å²) in [5, 5.41) is 3.55. The summed E-state index contributed by atoms with van der Waals surface area (Å²) in [6.45, 7) is 1.45. The summed E-state index contributed by atoms with van der Waals surface area (Å²) in [6.07, 6.45) is 4.29. The van der Waals surface area contributed by atoms with Crippen molar-refractivity contribution in [2.75, 3.05) is 18.0 Å². The lowest BCUT2D eigenvalue weighted by Gasteiger charge is -2.33. The van der Waals surface area contributed by atoms with E-state index in [0.29, 0.717) is 17.2 Å². The molecule has 10 heteroatoms. The molecule has 2 amide bonds. The molecule has 1 aliphatic rings. The molecular weight excluding hydrogens is 562 g/mol. The molecule has 4 rings (SSSR count). The zero-order chi connectivity index (χ0) is 29.4. The van der Waals surface area contributed by atoms with Gasteiger partial charge in [0.05, 0.1) is 17.7 Å². The molecule has 1 N–H and O–H groups in total. The average Bonchev–Trinajstić information content (AvgIpc) is 3.49. The largest absolute Gasteiger partial charge is 0.497 e. The zero-order valence-corrected chi connectivity index (χ0v) is 24.9. The summed E-state index contributed by atoms with van der Waals surface area (Å²) < 4.78 is 34.1. The maximum atomic E-state index is 14.2. The zero-order valence-electron chi connectivity index (χ0n) is 23.3. The highest BCUT2D eigenvalue weighted by Gasteiger charge is 2.34. The lowest BCUT2D eigenvalue weighted by atomic mass is 10.1. The van der Waals surface area contributed by atoms with E-state index < -0.39 is 28.5 Å². The average molecular weight is 598 g/mol. The standard InChI is InChI=1S/C31H36ClN3O5S/c1-3-29(31(37)33-25-11-7-8-12-25)34(21-23-10-9-13-27(20-23)40-2)30(36)22-35(26-18-16-24(32)17-19-26)41(38,39)28-14-5-4-6-15-28/h4-6,9-10,13-20,25,29H,3,7-8,11-12,21-22H2,1-2H3,(H,33,37)/t29-/m1/s1. The maximum Gasteiger partial charge on any atom is 0.264 e. The summed E-state index contributed by atoms with van der Waals surface area (Å²) in [5.74, 6) is -0.122. The van der Waals surface area contributed by atoms with E-state index in [-0.39, 0.29) is 29.1 Å². The fraction of sp³-hybridized carbons (Fsp3) is 0.355. The first-order chi connectivity index (χ1) is 19.7. The number of carbonyl (C=O) groups is 2. The van der Waals surface area contributed by atoms with E-state index in [2.05, 4.69) is 5.32 Å². The fourth-order valence-electron chi connectivity index (χ4n) is 5.11. The number of nitrogens with one attached hydrogen (secondary N) is 1. The minimum Gasteiger partial charge on any atom is -0.497 e. The van der Waals surface area contributed by atoms with Crippen LogP contribution in [0.4, 0.5) is 5.69 Å². The van der Waals surface area contributed by atoms with Gasteiger partial charge in [-0.1, -0.05) is 61.7 Å². The van der Waals surface area contributed by atoms with Crippen LogP contribution in [-0.4, -0.2) is 50.9 Å². The highest BCUT2D eigenvalue weighted by molar-refractivity contribution is 7.92. The first-order valence-electron chi connectivity index (χ1n) is 13.8. The number of hydrogen-bond acceptors (Lipinski definition) is 5. The summed E-state index contributed by atoms with van der Waals surface area (Å²) in [6, 6.07) is 20.8. The van der Waals surface area contributed by atoms with Gasteiger partial charge >= 0.3 is 0 Å². The van der Waals surface area contributed by atoms with Crippen LogP contribution in [0.5, 0.6) is 5.75 Å². The molecule has 41 heavy (non-hydrogen) atoms. The van der Waals surface area contributed by atoms with Crippen LogP contribution >= 0.6 is 11.6 Å². The molecule has 8 nitrogen and oxygen atoms in total. The maximum absolute atomic E-state index is 14.2. The van der Waals surface area contributed by atoms with Crippen LogP contribution in [0.1, 0.15) is 44.6 Å². The molecular formula is C31H36ClN3O5S. The highest BCUT2D eigenvalue weighted by Crippen LogP contribution is 2.27. The molecule has 0 bridgehead atoms. The Labute approximate surface area is 247 Å². The van der Waals surface area contributed by atoms with Crippen molar-refractivity contribution in [3.63, 3.8) is 0 Å². The first-order valence-corrected chi connectivity index (χ1v) is 15.6. The lowest BCUT2D eigenvalue weighted by molar-refractivity contribution is -0.140. The first kappa shape index (κ1) is 30.4. The Balaban J connectivity index is 1.71. The second-order valence-electron chi connectivity index (χ2n) is 10.1. The molecule has 1 atom stereocenters. The Bertz CT molecular complexity index is 1430. The molecule has 1 saturated carbocycles. The van der Waals surface area contributed by atoms with Crippen molar-refractivity contribution in [1.29, 1.82) is 0 Å².